The Bertz CT molecular complexity index is 753. The highest BCUT2D eigenvalue weighted by Crippen LogP contribution is 2.22. The van der Waals surface area contributed by atoms with E-state index in [9.17, 15) is 26.8 Å². The molecular weight excluding hydrogens is 360 g/mol. The minimum atomic E-state index is -3.92. The fraction of sp³-hybridized carbons (Fsp3) is 0.429. The molecule has 24 heavy (non-hydrogen) atoms. The molecule has 1 aromatic rings. The largest absolute Gasteiger partial charge is 0.772 e. The zero-order chi connectivity index (χ0) is 17.9. The van der Waals surface area contributed by atoms with E-state index < -0.39 is 49.9 Å². The molecule has 1 aromatic carbocycles. The van der Waals surface area contributed by atoms with Gasteiger partial charge in [0.1, 0.15) is 0 Å². The number of aliphatic hydroxyl groups is 1. The maximum atomic E-state index is 12.2. The van der Waals surface area contributed by atoms with Crippen LogP contribution in [0.5, 0.6) is 0 Å². The summed E-state index contributed by atoms with van der Waals surface area (Å²) < 4.78 is 49.9. The fourth-order valence-corrected chi connectivity index (χ4v) is 4.25. The zero-order valence-electron chi connectivity index (χ0n) is 12.4. The third kappa shape index (κ3) is 3.95. The van der Waals surface area contributed by atoms with Gasteiger partial charge in [-0.15, -0.1) is 0 Å². The van der Waals surface area contributed by atoms with Crippen molar-refractivity contribution in [3.8, 4) is 0 Å². The van der Waals surface area contributed by atoms with E-state index in [0.717, 1.165) is 0 Å². The van der Waals surface area contributed by atoms with Gasteiger partial charge in [-0.25, -0.2) is 0 Å². The molecule has 0 bridgehead atoms. The summed E-state index contributed by atoms with van der Waals surface area (Å²) in [4.78, 5) is 24.3. The van der Waals surface area contributed by atoms with Crippen molar-refractivity contribution in [1.82, 2.24) is 0 Å². The van der Waals surface area contributed by atoms with E-state index in [1.54, 1.807) is 0 Å². The summed E-state index contributed by atoms with van der Waals surface area (Å²) in [6.07, 6.45) is -0.164. The second-order valence-corrected chi connectivity index (χ2v) is 8.04. The molecule has 3 atom stereocenters. The van der Waals surface area contributed by atoms with Crippen LogP contribution in [0.2, 0.25) is 0 Å². The van der Waals surface area contributed by atoms with Crippen LogP contribution in [0.4, 0.5) is 0 Å². The first-order chi connectivity index (χ1) is 11.3. The van der Waals surface area contributed by atoms with Crippen LogP contribution in [0.15, 0.2) is 24.3 Å². The van der Waals surface area contributed by atoms with Gasteiger partial charge in [-0.05, 0) is 23.9 Å². The summed E-state index contributed by atoms with van der Waals surface area (Å²) in [7, 11) is -3.92. The summed E-state index contributed by atoms with van der Waals surface area (Å²) in [5.74, 6) is -1.33. The van der Waals surface area contributed by atoms with Gasteiger partial charge in [0, 0.05) is 17.7 Å². The van der Waals surface area contributed by atoms with Crippen LogP contribution in [-0.4, -0.2) is 57.6 Å². The fourth-order valence-electron chi connectivity index (χ4n) is 2.36. The Kier molecular flexibility index (Phi) is 5.99. The van der Waals surface area contributed by atoms with Crippen molar-refractivity contribution >= 4 is 32.8 Å². The van der Waals surface area contributed by atoms with Crippen molar-refractivity contribution in [3.05, 3.63) is 35.4 Å². The maximum absolute atomic E-state index is 12.2. The Hall–Kier alpha value is -1.46. The predicted molar refractivity (Wildman–Crippen MR) is 82.8 cm³/mol. The van der Waals surface area contributed by atoms with E-state index in [1.807, 2.05) is 0 Å². The summed E-state index contributed by atoms with van der Waals surface area (Å²) in [5.41, 5.74) is 0.146. The van der Waals surface area contributed by atoms with Crippen LogP contribution >= 0.6 is 0 Å². The lowest BCUT2D eigenvalue weighted by Crippen LogP contribution is -2.28. The molecule has 8 nitrogen and oxygen atoms in total. The number of carbonyl (C=O) groups excluding carboxylic acids is 2. The van der Waals surface area contributed by atoms with Crippen LogP contribution in [0.1, 0.15) is 33.6 Å². The summed E-state index contributed by atoms with van der Waals surface area (Å²) in [6.45, 7) is -0.506. The monoisotopic (exact) mass is 375 g/mol. The molecule has 1 heterocycles. The second kappa shape index (κ2) is 7.62. The van der Waals surface area contributed by atoms with Crippen LogP contribution in [0.3, 0.4) is 0 Å². The number of ketones is 2. The van der Waals surface area contributed by atoms with Gasteiger partial charge in [-0.1, -0.05) is 24.3 Å². The van der Waals surface area contributed by atoms with E-state index in [4.69, 9.17) is 5.11 Å². The number of rotatable bonds is 7. The lowest BCUT2D eigenvalue weighted by atomic mass is 10.0. The molecule has 2 rings (SSSR count). The normalized spacial score (nSPS) is 22.0. The summed E-state index contributed by atoms with van der Waals surface area (Å²) >= 11 is -2.68. The average Bonchev–Trinajstić information content (AvgIpc) is 2.90. The van der Waals surface area contributed by atoms with E-state index in [-0.39, 0.29) is 30.6 Å². The first kappa shape index (κ1) is 18.9. The molecule has 1 fully saturated rings. The van der Waals surface area contributed by atoms with E-state index in [0.29, 0.717) is 0 Å². The van der Waals surface area contributed by atoms with Crippen molar-refractivity contribution < 1.29 is 36.1 Å². The quantitative estimate of drug-likeness (QED) is 0.393. The Morgan fingerprint density at radius 3 is 2.33 bits per heavy atom. The minimum absolute atomic E-state index is 0.0482. The highest BCUT2D eigenvalue weighted by atomic mass is 32.2. The molecule has 3 unspecified atom stereocenters. The average molecular weight is 375 g/mol. The zero-order valence-corrected chi connectivity index (χ0v) is 14.0. The van der Waals surface area contributed by atoms with Crippen molar-refractivity contribution in [2.45, 2.75) is 23.3 Å². The van der Waals surface area contributed by atoms with Crippen molar-refractivity contribution in [1.29, 1.82) is 0 Å². The molecule has 0 spiro atoms. The topological polar surface area (TPSA) is 138 Å². The Balaban J connectivity index is 2.20. The Morgan fingerprint density at radius 1 is 1.29 bits per heavy atom. The van der Waals surface area contributed by atoms with Gasteiger partial charge >= 0.3 is 0 Å². The number of benzene rings is 1. The first-order valence-electron chi connectivity index (χ1n) is 7.03. The number of hydrogen-bond donors (Lipinski definition) is 1. The molecule has 0 aliphatic carbocycles. The number of hydrogen-bond acceptors (Lipinski definition) is 8. The molecule has 1 aliphatic rings. The third-order valence-corrected chi connectivity index (χ3v) is 6.19. The van der Waals surface area contributed by atoms with Gasteiger partial charge in [-0.3, -0.25) is 18.0 Å². The number of aliphatic hydroxyl groups excluding tert-OH is 1. The van der Waals surface area contributed by atoms with Crippen molar-refractivity contribution in [3.63, 3.8) is 0 Å². The molecule has 1 N–H and O–H groups in total. The van der Waals surface area contributed by atoms with E-state index >= 15 is 0 Å². The molecule has 0 saturated carbocycles. The molecular formula is C14H15O8S2-. The molecule has 0 aromatic heterocycles. The molecule has 10 heteroatoms. The highest BCUT2D eigenvalue weighted by molar-refractivity contribution is 7.88. The Labute approximate surface area is 141 Å². The van der Waals surface area contributed by atoms with Crippen LogP contribution < -0.4 is 0 Å². The van der Waals surface area contributed by atoms with Gasteiger partial charge in [0.2, 0.25) is 0 Å². The van der Waals surface area contributed by atoms with E-state index in [1.165, 1.54) is 24.3 Å². The second-order valence-electron chi connectivity index (χ2n) is 5.16. The van der Waals surface area contributed by atoms with Gasteiger partial charge in [0.25, 0.3) is 10.1 Å². The van der Waals surface area contributed by atoms with Crippen LogP contribution in [0.25, 0.3) is 0 Å². The predicted octanol–water partition coefficient (Wildman–Crippen LogP) is -0.199. The van der Waals surface area contributed by atoms with Crippen LogP contribution in [-0.2, 0) is 25.4 Å². The number of Topliss-reactive ketones (excluding diaryl/α,β-unsaturated/α-hetero) is 2. The lowest BCUT2D eigenvalue weighted by Gasteiger charge is -2.17. The maximum Gasteiger partial charge on any atom is 0.277 e. The molecule has 132 valence electrons. The van der Waals surface area contributed by atoms with Gasteiger partial charge in [-0.2, -0.15) is 8.42 Å². The SMILES string of the molecule is O=C(c1ccc(C(=O)C2CCOS2(=O)=O)cc1)C(CCO)S(=O)[O-]. The van der Waals surface area contributed by atoms with E-state index in [2.05, 4.69) is 4.18 Å². The highest BCUT2D eigenvalue weighted by Gasteiger charge is 2.39. The van der Waals surface area contributed by atoms with Gasteiger partial charge < -0.3 is 9.66 Å². The Morgan fingerprint density at radius 2 is 1.88 bits per heavy atom. The lowest BCUT2D eigenvalue weighted by molar-refractivity contribution is 0.0967. The summed E-state index contributed by atoms with van der Waals surface area (Å²) in [5, 5.41) is 6.19. The summed E-state index contributed by atoms with van der Waals surface area (Å²) in [6, 6.07) is 5.06. The standard InChI is InChI=1S/C14H16O8S2/c15-7-5-11(23(18)19)13(16)9-1-3-10(4-2-9)14(17)12-6-8-22-24(12,20)21/h1-4,11-12,15H,5-8H2,(H,18,19)/p-1. The number of carbonyl (C=O) groups is 2. The molecule has 1 saturated heterocycles. The van der Waals surface area contributed by atoms with Gasteiger partial charge in [0.05, 0.1) is 11.9 Å². The van der Waals surface area contributed by atoms with Gasteiger partial charge in [0.15, 0.2) is 16.8 Å². The third-order valence-electron chi connectivity index (χ3n) is 3.64. The van der Waals surface area contributed by atoms with Crippen LogP contribution in [0, 0.1) is 0 Å². The van der Waals surface area contributed by atoms with Crippen molar-refractivity contribution in [2.75, 3.05) is 13.2 Å². The molecule has 0 radical (unpaired) electrons. The van der Waals surface area contributed by atoms with Crippen molar-refractivity contribution in [2.24, 2.45) is 0 Å². The smallest absolute Gasteiger partial charge is 0.277 e. The first-order valence-corrected chi connectivity index (χ1v) is 9.64. The molecule has 0 amide bonds. The minimum Gasteiger partial charge on any atom is -0.772 e. The molecule has 1 aliphatic heterocycles.